The van der Waals surface area contributed by atoms with Crippen LogP contribution in [0, 0.1) is 6.08 Å². The van der Waals surface area contributed by atoms with Gasteiger partial charge in [0.2, 0.25) is 0 Å². The van der Waals surface area contributed by atoms with Gasteiger partial charge >= 0.3 is 99.2 Å². The van der Waals surface area contributed by atoms with Crippen LogP contribution in [0.25, 0.3) is 27.1 Å². The minimum absolute atomic E-state index is 0. The van der Waals surface area contributed by atoms with Gasteiger partial charge in [-0.15, -0.1) is 51.7 Å². The Hall–Kier alpha value is -3.22. The van der Waals surface area contributed by atoms with E-state index < -0.39 is 0 Å². The van der Waals surface area contributed by atoms with Gasteiger partial charge in [-0.3, -0.25) is 6.08 Å². The maximum absolute atomic E-state index is 3.15. The second-order valence-electron chi connectivity index (χ2n) is 18.3. The van der Waals surface area contributed by atoms with Crippen LogP contribution in [0.5, 0.6) is 0 Å². The van der Waals surface area contributed by atoms with Crippen LogP contribution in [0.2, 0.25) is 0 Å². The van der Waals surface area contributed by atoms with Crippen LogP contribution in [0.15, 0.2) is 133 Å². The summed E-state index contributed by atoms with van der Waals surface area (Å²) in [5.74, 6) is 0. The van der Waals surface area contributed by atoms with Crippen molar-refractivity contribution in [1.82, 2.24) is 0 Å². The average Bonchev–Trinajstić information content (AvgIpc) is 3.84. The molecule has 0 saturated heterocycles. The molecule has 0 aliphatic heterocycles. The van der Waals surface area contributed by atoms with Crippen LogP contribution in [0.1, 0.15) is 126 Å². The van der Waals surface area contributed by atoms with E-state index in [1.807, 2.05) is 6.07 Å². The van der Waals surface area contributed by atoms with Gasteiger partial charge in [-0.05, 0) is 47.3 Å². The number of allylic oxidation sites excluding steroid dienone is 4. The van der Waals surface area contributed by atoms with E-state index in [9.17, 15) is 0 Å². The van der Waals surface area contributed by atoms with E-state index in [2.05, 4.69) is 189 Å². The normalized spacial score (nSPS) is 17.7. The zero-order valence-corrected chi connectivity index (χ0v) is 38.5. The molecule has 0 fully saturated rings. The van der Waals surface area contributed by atoms with E-state index >= 15 is 0 Å². The van der Waals surface area contributed by atoms with Crippen LogP contribution < -0.4 is 24.8 Å². The Kier molecular flexibility index (Phi) is 13.6. The van der Waals surface area contributed by atoms with Crippen molar-refractivity contribution in [3.8, 4) is 0 Å². The number of rotatable bonds is 3. The van der Waals surface area contributed by atoms with Crippen molar-refractivity contribution < 1.29 is 49.0 Å². The zero-order valence-electron chi connectivity index (χ0n) is 34.5. The summed E-state index contributed by atoms with van der Waals surface area (Å²) in [5.41, 5.74) is 12.6. The third-order valence-electron chi connectivity index (χ3n) is 12.6. The molecule has 288 valence electrons. The van der Waals surface area contributed by atoms with E-state index in [1.165, 1.54) is 96.9 Å². The number of hydrogen-bond donors (Lipinski definition) is 0. The van der Waals surface area contributed by atoms with Gasteiger partial charge in [-0.1, -0.05) is 120 Å². The van der Waals surface area contributed by atoms with E-state index in [-0.39, 0.29) is 46.5 Å². The summed E-state index contributed by atoms with van der Waals surface area (Å²) in [4.78, 5) is 0. The summed E-state index contributed by atoms with van der Waals surface area (Å²) < 4.78 is 1.42. The molecule has 56 heavy (non-hydrogen) atoms. The van der Waals surface area contributed by atoms with Crippen LogP contribution in [-0.4, -0.2) is 3.21 Å². The quantitative estimate of drug-likeness (QED) is 0.158. The summed E-state index contributed by atoms with van der Waals surface area (Å²) in [7, 11) is 0. The molecule has 0 atom stereocenters. The first-order valence-corrected chi connectivity index (χ1v) is 21.1. The van der Waals surface area contributed by atoms with Crippen molar-refractivity contribution in [2.24, 2.45) is 0 Å². The molecule has 0 radical (unpaired) electrons. The van der Waals surface area contributed by atoms with Crippen molar-refractivity contribution >= 4 is 30.3 Å². The molecular formula is C53H56Cl2Zr-2. The summed E-state index contributed by atoms with van der Waals surface area (Å²) in [5, 5.41) is 5.79. The Balaban J connectivity index is 0.000000185. The van der Waals surface area contributed by atoms with Crippen LogP contribution in [-0.2, 0) is 45.9 Å². The third-order valence-corrected chi connectivity index (χ3v) is 14.0. The molecule has 0 spiro atoms. The van der Waals surface area contributed by atoms with Gasteiger partial charge in [0.1, 0.15) is 0 Å². The molecule has 9 rings (SSSR count). The topological polar surface area (TPSA) is 0 Å². The number of benzene rings is 5. The predicted molar refractivity (Wildman–Crippen MR) is 231 cm³/mol. The Morgan fingerprint density at radius 1 is 0.518 bits per heavy atom. The standard InChI is InChI=1S/C29H37.C13H10.C11H9.2ClH.Zr/c1-26(2)9-11-28(5,6)24-16-20-18(14-22(24)26)13-19-15-23-25(17-21(19)20)29(7,8)12-10-27(23,3)4;1-3-7-12(8-4-1)11-13-9-5-2-6-10-13;1-2-6-10(7-3-1)11-8-4-5-9-11;;;/h13-17H,9-12H2,1-8H3;1-10H;1-3,6-9H,4H2;2*1H;/q-1;;-1;;;+2/p-2. The molecule has 3 heteroatoms. The van der Waals surface area contributed by atoms with Gasteiger partial charge < -0.3 is 24.8 Å². The van der Waals surface area contributed by atoms with Crippen molar-refractivity contribution in [3.63, 3.8) is 0 Å². The molecule has 3 aliphatic rings. The molecule has 0 unspecified atom stereocenters. The van der Waals surface area contributed by atoms with E-state index in [1.54, 1.807) is 22.3 Å². The summed E-state index contributed by atoms with van der Waals surface area (Å²) in [6, 6.07) is 44.1. The molecule has 0 saturated carbocycles. The Morgan fingerprint density at radius 2 is 0.875 bits per heavy atom. The number of fused-ring (bicyclic) bond motifs is 5. The molecule has 0 nitrogen and oxygen atoms in total. The second kappa shape index (κ2) is 17.3. The number of hydrogen-bond acceptors (Lipinski definition) is 0. The molecule has 6 aromatic rings. The van der Waals surface area contributed by atoms with Gasteiger partial charge in [-0.2, -0.15) is 11.6 Å². The molecule has 3 aliphatic carbocycles. The Bertz CT molecular complexity index is 2220. The Morgan fingerprint density at radius 3 is 1.23 bits per heavy atom. The summed E-state index contributed by atoms with van der Waals surface area (Å²) in [6.45, 7) is 19.5. The molecule has 0 aromatic heterocycles. The molecule has 6 aromatic carbocycles. The zero-order chi connectivity index (χ0) is 38.3. The van der Waals surface area contributed by atoms with E-state index in [0.29, 0.717) is 0 Å². The second-order valence-corrected chi connectivity index (χ2v) is 19.6. The summed E-state index contributed by atoms with van der Waals surface area (Å²) in [6.07, 6.45) is 13.4. The molecular weight excluding hydrogens is 799 g/mol. The molecule has 0 bridgehead atoms. The first kappa shape index (κ1) is 43.9. The maximum atomic E-state index is 3.15. The van der Waals surface area contributed by atoms with E-state index in [0.717, 1.165) is 6.42 Å². The van der Waals surface area contributed by atoms with Gasteiger partial charge in [0, 0.05) is 0 Å². The first-order valence-electron chi connectivity index (χ1n) is 19.9. The third kappa shape index (κ3) is 9.07. The van der Waals surface area contributed by atoms with Crippen LogP contribution in [0.3, 0.4) is 0 Å². The predicted octanol–water partition coefficient (Wildman–Crippen LogP) is 8.05. The summed E-state index contributed by atoms with van der Waals surface area (Å²) >= 11 is 1.46. The van der Waals surface area contributed by atoms with Crippen molar-refractivity contribution in [2.75, 3.05) is 0 Å². The minimum atomic E-state index is 0. The Labute approximate surface area is 364 Å². The first-order chi connectivity index (χ1) is 25.7. The fourth-order valence-electron chi connectivity index (χ4n) is 8.74. The van der Waals surface area contributed by atoms with Gasteiger partial charge in [-0.25, -0.2) is 6.08 Å². The van der Waals surface area contributed by atoms with Crippen LogP contribution >= 0.6 is 0 Å². The van der Waals surface area contributed by atoms with Crippen molar-refractivity contribution in [1.29, 1.82) is 0 Å². The fraction of sp³-hybridized carbons (Fsp3) is 0.321. The molecule has 0 heterocycles. The monoisotopic (exact) mass is 852 g/mol. The molecule has 0 amide bonds. The van der Waals surface area contributed by atoms with Gasteiger partial charge in [0.15, 0.2) is 0 Å². The fourth-order valence-corrected chi connectivity index (χ4v) is 9.56. The van der Waals surface area contributed by atoms with Crippen molar-refractivity contribution in [3.05, 3.63) is 178 Å². The van der Waals surface area contributed by atoms with Gasteiger partial charge in [0.05, 0.1) is 0 Å². The SMILES string of the molecule is CC1(C)CCC(C)(C)c2cc3c(cc21)[cH-]c1cc2c(cc13)C(C)(C)CCC2(C)C.[C-]1=CC(c2ccccc2)=CC1.[Cl-].[Cl-].[Zr+2]=[C](c1ccccc1)c1ccccc1. The molecule has 0 N–H and O–H groups in total. The average molecular weight is 855 g/mol. The van der Waals surface area contributed by atoms with Gasteiger partial charge in [0.25, 0.3) is 0 Å². The van der Waals surface area contributed by atoms with E-state index in [4.69, 9.17) is 0 Å². The van der Waals surface area contributed by atoms with Crippen LogP contribution in [0.4, 0.5) is 0 Å². The number of halogens is 2. The van der Waals surface area contributed by atoms with Crippen molar-refractivity contribution in [2.45, 2.75) is 109 Å².